The Hall–Kier alpha value is -0.810. The second-order valence-electron chi connectivity index (χ2n) is 6.33. The zero-order valence-corrected chi connectivity index (χ0v) is 12.8. The summed E-state index contributed by atoms with van der Waals surface area (Å²) in [4.78, 5) is 13.9. The number of piperidine rings is 1. The van der Waals surface area contributed by atoms with Crippen molar-refractivity contribution in [2.75, 3.05) is 32.8 Å². The van der Waals surface area contributed by atoms with Gasteiger partial charge in [-0.25, -0.2) is 4.79 Å². The van der Waals surface area contributed by atoms with E-state index in [-0.39, 0.29) is 25.2 Å². The van der Waals surface area contributed by atoms with Crippen molar-refractivity contribution in [3.8, 4) is 0 Å². The Morgan fingerprint density at radius 3 is 2.75 bits per heavy atom. The maximum Gasteiger partial charge on any atom is 0.317 e. The highest BCUT2D eigenvalue weighted by atomic mass is 16.3. The van der Waals surface area contributed by atoms with Crippen LogP contribution in [0.15, 0.2) is 0 Å². The number of carbonyl (C=O) groups is 1. The van der Waals surface area contributed by atoms with E-state index < -0.39 is 0 Å². The molecule has 5 nitrogen and oxygen atoms in total. The van der Waals surface area contributed by atoms with Crippen molar-refractivity contribution < 1.29 is 15.0 Å². The molecule has 1 aliphatic heterocycles. The summed E-state index contributed by atoms with van der Waals surface area (Å²) in [5.41, 5.74) is 0. The van der Waals surface area contributed by atoms with Gasteiger partial charge in [0.15, 0.2) is 0 Å². The average Bonchev–Trinajstić information content (AvgIpc) is 2.44. The lowest BCUT2D eigenvalue weighted by atomic mass is 9.94. The van der Waals surface area contributed by atoms with Crippen LogP contribution in [0, 0.1) is 17.8 Å². The number of urea groups is 1. The molecule has 0 aromatic carbocycles. The number of nitrogens with zero attached hydrogens (tertiary/aromatic N) is 1. The molecule has 2 amide bonds. The van der Waals surface area contributed by atoms with Crippen molar-refractivity contribution in [3.05, 3.63) is 0 Å². The molecule has 1 heterocycles. The molecule has 5 heteroatoms. The van der Waals surface area contributed by atoms with Gasteiger partial charge in [0.2, 0.25) is 0 Å². The standard InChI is InChI=1S/C15H30N2O3/c1-12(2)8-13(5-7-18)9-16-15(20)17-6-3-4-14(10-17)11-19/h12-14,18-19H,3-11H2,1-2H3,(H,16,20). The number of amides is 2. The van der Waals surface area contributed by atoms with Crippen LogP contribution in [0.2, 0.25) is 0 Å². The van der Waals surface area contributed by atoms with Crippen LogP contribution >= 0.6 is 0 Å². The van der Waals surface area contributed by atoms with Crippen molar-refractivity contribution in [1.82, 2.24) is 10.2 Å². The molecule has 20 heavy (non-hydrogen) atoms. The van der Waals surface area contributed by atoms with E-state index in [0.717, 1.165) is 32.2 Å². The molecule has 1 fully saturated rings. The summed E-state index contributed by atoms with van der Waals surface area (Å²) in [6.45, 7) is 6.69. The van der Waals surface area contributed by atoms with Gasteiger partial charge in [-0.05, 0) is 43.4 Å². The molecule has 0 aromatic heterocycles. The van der Waals surface area contributed by atoms with Gasteiger partial charge < -0.3 is 20.4 Å². The molecule has 2 atom stereocenters. The average molecular weight is 286 g/mol. The number of likely N-dealkylation sites (tertiary alicyclic amines) is 1. The van der Waals surface area contributed by atoms with Crippen LogP contribution < -0.4 is 5.32 Å². The normalized spacial score (nSPS) is 21.1. The molecule has 1 rings (SSSR count). The van der Waals surface area contributed by atoms with E-state index >= 15 is 0 Å². The minimum Gasteiger partial charge on any atom is -0.396 e. The monoisotopic (exact) mass is 286 g/mol. The molecule has 1 saturated heterocycles. The number of hydrogen-bond acceptors (Lipinski definition) is 3. The summed E-state index contributed by atoms with van der Waals surface area (Å²) in [7, 11) is 0. The van der Waals surface area contributed by atoms with E-state index in [9.17, 15) is 9.90 Å². The molecule has 0 aromatic rings. The fourth-order valence-corrected chi connectivity index (χ4v) is 2.89. The first-order valence-corrected chi connectivity index (χ1v) is 7.81. The lowest BCUT2D eigenvalue weighted by Crippen LogP contribution is -2.47. The van der Waals surface area contributed by atoms with Crippen LogP contribution in [-0.4, -0.2) is 54.0 Å². The molecular weight excluding hydrogens is 256 g/mol. The Morgan fingerprint density at radius 1 is 1.40 bits per heavy atom. The molecule has 2 unspecified atom stereocenters. The topological polar surface area (TPSA) is 72.8 Å². The summed E-state index contributed by atoms with van der Waals surface area (Å²) in [6.07, 6.45) is 3.71. The van der Waals surface area contributed by atoms with E-state index in [2.05, 4.69) is 19.2 Å². The van der Waals surface area contributed by atoms with Gasteiger partial charge in [0, 0.05) is 32.8 Å². The van der Waals surface area contributed by atoms with E-state index in [1.165, 1.54) is 0 Å². The van der Waals surface area contributed by atoms with Gasteiger partial charge in [-0.15, -0.1) is 0 Å². The Labute approximate surface area is 122 Å². The summed E-state index contributed by atoms with van der Waals surface area (Å²) in [6, 6.07) is -0.0326. The maximum atomic E-state index is 12.1. The van der Waals surface area contributed by atoms with Crippen LogP contribution in [0.1, 0.15) is 39.5 Å². The quantitative estimate of drug-likeness (QED) is 0.663. The van der Waals surface area contributed by atoms with Gasteiger partial charge in [0.05, 0.1) is 0 Å². The van der Waals surface area contributed by atoms with Gasteiger partial charge >= 0.3 is 6.03 Å². The molecule has 0 radical (unpaired) electrons. The van der Waals surface area contributed by atoms with Gasteiger partial charge in [-0.1, -0.05) is 13.8 Å². The first kappa shape index (κ1) is 17.2. The second-order valence-corrected chi connectivity index (χ2v) is 6.33. The minimum atomic E-state index is -0.0326. The third-order valence-corrected chi connectivity index (χ3v) is 3.95. The van der Waals surface area contributed by atoms with Crippen molar-refractivity contribution in [1.29, 1.82) is 0 Å². The van der Waals surface area contributed by atoms with E-state index in [4.69, 9.17) is 5.11 Å². The Kier molecular flexibility index (Phi) is 7.92. The van der Waals surface area contributed by atoms with Crippen LogP contribution in [0.3, 0.4) is 0 Å². The molecule has 0 saturated carbocycles. The van der Waals surface area contributed by atoms with Crippen molar-refractivity contribution in [2.45, 2.75) is 39.5 Å². The molecule has 118 valence electrons. The highest BCUT2D eigenvalue weighted by Crippen LogP contribution is 2.17. The lowest BCUT2D eigenvalue weighted by Gasteiger charge is -2.32. The molecule has 0 bridgehead atoms. The highest BCUT2D eigenvalue weighted by Gasteiger charge is 2.23. The smallest absolute Gasteiger partial charge is 0.317 e. The van der Waals surface area contributed by atoms with Crippen LogP contribution in [0.4, 0.5) is 4.79 Å². The molecule has 0 aliphatic carbocycles. The second kappa shape index (κ2) is 9.19. The number of aliphatic hydroxyl groups is 2. The Balaban J connectivity index is 2.36. The third kappa shape index (κ3) is 6.09. The summed E-state index contributed by atoms with van der Waals surface area (Å²) >= 11 is 0. The summed E-state index contributed by atoms with van der Waals surface area (Å²) < 4.78 is 0. The maximum absolute atomic E-state index is 12.1. The number of nitrogens with one attached hydrogen (secondary N) is 1. The number of hydrogen-bond donors (Lipinski definition) is 3. The first-order valence-electron chi connectivity index (χ1n) is 7.81. The minimum absolute atomic E-state index is 0.0326. The number of rotatable bonds is 7. The van der Waals surface area contributed by atoms with Gasteiger partial charge in [0.25, 0.3) is 0 Å². The Bertz CT molecular complexity index is 284. The SMILES string of the molecule is CC(C)CC(CCO)CNC(=O)N1CCCC(CO)C1. The lowest BCUT2D eigenvalue weighted by molar-refractivity contribution is 0.128. The van der Waals surface area contributed by atoms with E-state index in [1.54, 1.807) is 4.90 Å². The van der Waals surface area contributed by atoms with Crippen molar-refractivity contribution >= 4 is 6.03 Å². The van der Waals surface area contributed by atoms with Crippen LogP contribution in [-0.2, 0) is 0 Å². The fraction of sp³-hybridized carbons (Fsp3) is 0.933. The zero-order valence-electron chi connectivity index (χ0n) is 12.8. The molecule has 0 spiro atoms. The van der Waals surface area contributed by atoms with Crippen LogP contribution in [0.5, 0.6) is 0 Å². The van der Waals surface area contributed by atoms with Gasteiger partial charge in [-0.3, -0.25) is 0 Å². The predicted octanol–water partition coefficient (Wildman–Crippen LogP) is 1.44. The van der Waals surface area contributed by atoms with E-state index in [0.29, 0.717) is 24.9 Å². The fourth-order valence-electron chi connectivity index (χ4n) is 2.89. The third-order valence-electron chi connectivity index (χ3n) is 3.95. The predicted molar refractivity (Wildman–Crippen MR) is 79.4 cm³/mol. The zero-order chi connectivity index (χ0) is 15.0. The first-order chi connectivity index (χ1) is 9.56. The molecular formula is C15H30N2O3. The Morgan fingerprint density at radius 2 is 2.15 bits per heavy atom. The number of carbonyl (C=O) groups excluding carboxylic acids is 1. The summed E-state index contributed by atoms with van der Waals surface area (Å²) in [5, 5.41) is 21.3. The number of aliphatic hydroxyl groups excluding tert-OH is 2. The van der Waals surface area contributed by atoms with E-state index in [1.807, 2.05) is 0 Å². The van der Waals surface area contributed by atoms with Gasteiger partial charge in [0.1, 0.15) is 0 Å². The summed E-state index contributed by atoms with van der Waals surface area (Å²) in [5.74, 6) is 1.12. The largest absolute Gasteiger partial charge is 0.396 e. The van der Waals surface area contributed by atoms with Crippen molar-refractivity contribution in [2.24, 2.45) is 17.8 Å². The molecule has 1 aliphatic rings. The van der Waals surface area contributed by atoms with Crippen LogP contribution in [0.25, 0.3) is 0 Å². The molecule has 3 N–H and O–H groups in total. The highest BCUT2D eigenvalue weighted by molar-refractivity contribution is 5.74. The van der Waals surface area contributed by atoms with Gasteiger partial charge in [-0.2, -0.15) is 0 Å². The van der Waals surface area contributed by atoms with Crippen molar-refractivity contribution in [3.63, 3.8) is 0 Å².